The zero-order valence-corrected chi connectivity index (χ0v) is 14.4. The van der Waals surface area contributed by atoms with Gasteiger partial charge in [0.2, 0.25) is 0 Å². The van der Waals surface area contributed by atoms with Crippen LogP contribution in [0.15, 0.2) is 51.6 Å². The first-order chi connectivity index (χ1) is 11.7. The van der Waals surface area contributed by atoms with Gasteiger partial charge >= 0.3 is 5.97 Å². The van der Waals surface area contributed by atoms with Gasteiger partial charge in [-0.25, -0.2) is 4.98 Å². The number of benzene rings is 1. The molecule has 0 spiro atoms. The lowest BCUT2D eigenvalue weighted by atomic mass is 10.3. The molecule has 0 fully saturated rings. The van der Waals surface area contributed by atoms with E-state index in [0.717, 1.165) is 10.6 Å². The van der Waals surface area contributed by atoms with Crippen LogP contribution in [-0.4, -0.2) is 28.2 Å². The predicted molar refractivity (Wildman–Crippen MR) is 92.9 cm³/mol. The first-order valence-electron chi connectivity index (χ1n) is 7.04. The monoisotopic (exact) mass is 362 g/mol. The van der Waals surface area contributed by atoms with E-state index in [1.54, 1.807) is 18.7 Å². The fourth-order valence-electron chi connectivity index (χ4n) is 1.97. The lowest BCUT2D eigenvalue weighted by Gasteiger charge is -2.05. The van der Waals surface area contributed by atoms with Gasteiger partial charge in [0.15, 0.2) is 4.96 Å². The van der Waals surface area contributed by atoms with E-state index in [4.69, 9.17) is 9.47 Å². The molecule has 0 unspecified atom stereocenters. The van der Waals surface area contributed by atoms with Crippen molar-refractivity contribution >= 4 is 34.0 Å². The molecular formula is C16H14N2O4S2. The minimum absolute atomic E-state index is 0.00829. The van der Waals surface area contributed by atoms with Gasteiger partial charge in [-0.2, -0.15) is 0 Å². The molecule has 0 saturated heterocycles. The number of carbonyl (C=O) groups is 1. The summed E-state index contributed by atoms with van der Waals surface area (Å²) in [6.07, 6.45) is 1.66. The number of fused-ring (bicyclic) bond motifs is 1. The van der Waals surface area contributed by atoms with Crippen molar-refractivity contribution < 1.29 is 14.3 Å². The lowest BCUT2D eigenvalue weighted by Crippen LogP contribution is -2.15. The molecule has 0 aliphatic rings. The fraction of sp³-hybridized carbons (Fsp3) is 0.188. The summed E-state index contributed by atoms with van der Waals surface area (Å²) in [4.78, 5) is 29.5. The van der Waals surface area contributed by atoms with E-state index in [9.17, 15) is 9.59 Å². The van der Waals surface area contributed by atoms with Crippen LogP contribution in [0.5, 0.6) is 5.75 Å². The molecule has 0 saturated carbocycles. The summed E-state index contributed by atoms with van der Waals surface area (Å²) in [5, 5.41) is 1.78. The van der Waals surface area contributed by atoms with Gasteiger partial charge < -0.3 is 9.47 Å². The van der Waals surface area contributed by atoms with Crippen molar-refractivity contribution in [2.45, 2.75) is 11.5 Å². The number of aromatic nitrogens is 2. The van der Waals surface area contributed by atoms with Crippen LogP contribution in [0.4, 0.5) is 0 Å². The van der Waals surface area contributed by atoms with Crippen LogP contribution in [0.3, 0.4) is 0 Å². The van der Waals surface area contributed by atoms with Crippen molar-refractivity contribution in [3.05, 3.63) is 58.0 Å². The molecule has 0 aliphatic carbocycles. The highest BCUT2D eigenvalue weighted by Gasteiger charge is 2.08. The highest BCUT2D eigenvalue weighted by molar-refractivity contribution is 8.00. The lowest BCUT2D eigenvalue weighted by molar-refractivity contribution is -0.141. The van der Waals surface area contributed by atoms with Gasteiger partial charge in [0.25, 0.3) is 5.56 Å². The maximum absolute atomic E-state index is 11.8. The van der Waals surface area contributed by atoms with Crippen LogP contribution in [0.25, 0.3) is 4.96 Å². The average molecular weight is 362 g/mol. The van der Waals surface area contributed by atoms with Gasteiger partial charge in [-0.15, -0.1) is 23.1 Å². The van der Waals surface area contributed by atoms with E-state index in [-0.39, 0.29) is 23.9 Å². The summed E-state index contributed by atoms with van der Waals surface area (Å²) in [7, 11) is 1.60. The number of thiazole rings is 1. The van der Waals surface area contributed by atoms with Crippen molar-refractivity contribution in [3.63, 3.8) is 0 Å². The van der Waals surface area contributed by atoms with E-state index < -0.39 is 0 Å². The average Bonchev–Trinajstić information content (AvgIpc) is 3.08. The molecule has 0 N–H and O–H groups in total. The van der Waals surface area contributed by atoms with Crippen LogP contribution in [0.2, 0.25) is 0 Å². The molecule has 2 aromatic heterocycles. The van der Waals surface area contributed by atoms with E-state index >= 15 is 0 Å². The summed E-state index contributed by atoms with van der Waals surface area (Å²) < 4.78 is 11.7. The molecule has 6 nitrogen and oxygen atoms in total. The number of hydrogen-bond acceptors (Lipinski definition) is 7. The number of nitrogens with zero attached hydrogens (tertiary/aromatic N) is 2. The summed E-state index contributed by atoms with van der Waals surface area (Å²) in [6.45, 7) is -0.00829. The summed E-state index contributed by atoms with van der Waals surface area (Å²) >= 11 is 2.73. The minimum atomic E-state index is -0.357. The Morgan fingerprint density at radius 2 is 2.12 bits per heavy atom. The Kier molecular flexibility index (Phi) is 5.17. The van der Waals surface area contributed by atoms with Gasteiger partial charge in [-0.3, -0.25) is 14.0 Å². The summed E-state index contributed by atoms with van der Waals surface area (Å²) in [5.74, 6) is 0.597. The van der Waals surface area contributed by atoms with Gasteiger partial charge in [0, 0.05) is 22.5 Å². The minimum Gasteiger partial charge on any atom is -0.497 e. The molecule has 0 amide bonds. The highest BCUT2D eigenvalue weighted by atomic mass is 32.2. The first kappa shape index (κ1) is 16.5. The van der Waals surface area contributed by atoms with Crippen LogP contribution in [-0.2, 0) is 16.1 Å². The van der Waals surface area contributed by atoms with Gasteiger partial charge in [-0.05, 0) is 24.3 Å². The first-order valence-corrected chi connectivity index (χ1v) is 8.90. The van der Waals surface area contributed by atoms with Crippen molar-refractivity contribution in [2.75, 3.05) is 12.9 Å². The Morgan fingerprint density at radius 3 is 2.88 bits per heavy atom. The normalized spacial score (nSPS) is 10.7. The third-order valence-electron chi connectivity index (χ3n) is 3.15. The second kappa shape index (κ2) is 7.50. The van der Waals surface area contributed by atoms with E-state index in [0.29, 0.717) is 10.7 Å². The smallest absolute Gasteiger partial charge is 0.316 e. The zero-order valence-electron chi connectivity index (χ0n) is 12.8. The van der Waals surface area contributed by atoms with Gasteiger partial charge in [0.1, 0.15) is 12.4 Å². The fourth-order valence-corrected chi connectivity index (χ4v) is 3.41. The van der Waals surface area contributed by atoms with Crippen LogP contribution in [0.1, 0.15) is 5.69 Å². The number of ether oxygens (including phenoxy) is 2. The Bertz CT molecular complexity index is 902. The molecule has 8 heteroatoms. The van der Waals surface area contributed by atoms with Gasteiger partial charge in [0.05, 0.1) is 18.6 Å². The molecule has 24 heavy (non-hydrogen) atoms. The quantitative estimate of drug-likeness (QED) is 0.496. The number of methoxy groups -OCH3 is 1. The van der Waals surface area contributed by atoms with E-state index in [1.165, 1.54) is 33.6 Å². The maximum Gasteiger partial charge on any atom is 0.316 e. The Labute approximate surface area is 146 Å². The van der Waals surface area contributed by atoms with E-state index in [2.05, 4.69) is 4.98 Å². The molecule has 0 atom stereocenters. The van der Waals surface area contributed by atoms with Crippen LogP contribution in [0, 0.1) is 0 Å². The molecule has 124 valence electrons. The third kappa shape index (κ3) is 3.95. The van der Waals surface area contributed by atoms with Crippen LogP contribution < -0.4 is 10.3 Å². The van der Waals surface area contributed by atoms with Crippen molar-refractivity contribution in [3.8, 4) is 5.75 Å². The van der Waals surface area contributed by atoms with Crippen molar-refractivity contribution in [1.82, 2.24) is 9.38 Å². The number of thioether (sulfide) groups is 1. The molecule has 1 aromatic carbocycles. The molecule has 3 aromatic rings. The standard InChI is InChI=1S/C16H14N2O4S2/c1-21-12-2-4-13(5-3-12)24-10-15(20)22-9-11-8-14(19)18-6-7-23-16(18)17-11/h2-8H,9-10H2,1H3. The number of carbonyl (C=O) groups excluding carboxylic acids is 1. The molecular weight excluding hydrogens is 348 g/mol. The van der Waals surface area contributed by atoms with Gasteiger partial charge in [-0.1, -0.05) is 0 Å². The number of esters is 1. The van der Waals surface area contributed by atoms with Crippen molar-refractivity contribution in [2.24, 2.45) is 0 Å². The molecule has 3 rings (SSSR count). The largest absolute Gasteiger partial charge is 0.497 e. The Hall–Kier alpha value is -2.32. The highest BCUT2D eigenvalue weighted by Crippen LogP contribution is 2.21. The molecule has 0 aliphatic heterocycles. The second-order valence-corrected chi connectivity index (χ2v) is 6.69. The Balaban J connectivity index is 1.53. The Morgan fingerprint density at radius 1 is 1.33 bits per heavy atom. The molecule has 0 radical (unpaired) electrons. The SMILES string of the molecule is COc1ccc(SCC(=O)OCc2cc(=O)n3ccsc3n2)cc1. The molecule has 2 heterocycles. The molecule has 0 bridgehead atoms. The summed E-state index contributed by atoms with van der Waals surface area (Å²) in [5.41, 5.74) is 0.269. The number of hydrogen-bond donors (Lipinski definition) is 0. The number of rotatable bonds is 6. The topological polar surface area (TPSA) is 69.9 Å². The third-order valence-corrected chi connectivity index (χ3v) is 4.90. The summed E-state index contributed by atoms with van der Waals surface area (Å²) in [6, 6.07) is 8.81. The second-order valence-electron chi connectivity index (χ2n) is 4.77. The van der Waals surface area contributed by atoms with Crippen LogP contribution >= 0.6 is 23.1 Å². The zero-order chi connectivity index (χ0) is 16.9. The predicted octanol–water partition coefficient (Wildman–Crippen LogP) is 2.60. The maximum atomic E-state index is 11.8. The van der Waals surface area contributed by atoms with E-state index in [1.807, 2.05) is 24.3 Å². The van der Waals surface area contributed by atoms with Crippen molar-refractivity contribution in [1.29, 1.82) is 0 Å².